The van der Waals surface area contributed by atoms with Crippen LogP contribution in [-0.4, -0.2) is 81.1 Å². The number of thiazole rings is 1. The lowest BCUT2D eigenvalue weighted by atomic mass is 10.0. The van der Waals surface area contributed by atoms with E-state index < -0.39 is 34.2 Å². The van der Waals surface area contributed by atoms with Gasteiger partial charge in [-0.2, -0.15) is 8.42 Å². The highest BCUT2D eigenvalue weighted by Gasteiger charge is 2.51. The smallest absolute Gasteiger partial charge is 0.362 e. The largest absolute Gasteiger partial charge is 0.465 e. The SMILES string of the molecule is C[C@H]1[C@H](NC(=O)C(=NOCCOc2nnc(C(=N)N)s2)c2csc(N)n2)C(=O)N1S(=O)(=O)O. The van der Waals surface area contributed by atoms with E-state index in [1.165, 1.54) is 12.3 Å². The van der Waals surface area contributed by atoms with Gasteiger partial charge in [-0.3, -0.25) is 19.6 Å². The number of oxime groups is 1. The Morgan fingerprint density at radius 2 is 2.15 bits per heavy atom. The second-order valence-electron chi connectivity index (χ2n) is 6.28. The van der Waals surface area contributed by atoms with Crippen molar-refractivity contribution in [3.63, 3.8) is 0 Å². The predicted octanol–water partition coefficient (Wildman–Crippen LogP) is -1.82. The lowest BCUT2D eigenvalue weighted by molar-refractivity contribution is -0.143. The molecule has 1 aliphatic rings. The highest BCUT2D eigenvalue weighted by molar-refractivity contribution is 7.84. The number of amidine groups is 1. The van der Waals surface area contributed by atoms with Gasteiger partial charge < -0.3 is 26.4 Å². The summed E-state index contributed by atoms with van der Waals surface area (Å²) in [7, 11) is -4.74. The van der Waals surface area contributed by atoms with Crippen LogP contribution in [0.3, 0.4) is 0 Å². The molecular formula is C14H17N9O7S3. The maximum atomic E-state index is 12.7. The van der Waals surface area contributed by atoms with Gasteiger partial charge >= 0.3 is 10.3 Å². The zero-order valence-electron chi connectivity index (χ0n) is 16.7. The van der Waals surface area contributed by atoms with Crippen molar-refractivity contribution in [2.45, 2.75) is 19.0 Å². The van der Waals surface area contributed by atoms with E-state index in [1.807, 2.05) is 0 Å². The van der Waals surface area contributed by atoms with Crippen molar-refractivity contribution in [2.24, 2.45) is 10.9 Å². The summed E-state index contributed by atoms with van der Waals surface area (Å²) in [4.78, 5) is 33.8. The third-order valence-electron chi connectivity index (χ3n) is 4.04. The molecule has 16 nitrogen and oxygen atoms in total. The molecule has 0 radical (unpaired) electrons. The Labute approximate surface area is 194 Å². The van der Waals surface area contributed by atoms with Gasteiger partial charge in [-0.15, -0.1) is 16.4 Å². The Kier molecular flexibility index (Phi) is 7.05. The van der Waals surface area contributed by atoms with Crippen LogP contribution in [0.1, 0.15) is 17.6 Å². The van der Waals surface area contributed by atoms with Crippen LogP contribution in [0.4, 0.5) is 5.13 Å². The monoisotopic (exact) mass is 519 g/mol. The van der Waals surface area contributed by atoms with E-state index in [4.69, 9.17) is 31.0 Å². The number of aromatic nitrogens is 3. The van der Waals surface area contributed by atoms with Gasteiger partial charge in [0.2, 0.25) is 0 Å². The zero-order chi connectivity index (χ0) is 24.3. The number of carbonyl (C=O) groups excluding carboxylic acids is 2. The Morgan fingerprint density at radius 1 is 1.42 bits per heavy atom. The summed E-state index contributed by atoms with van der Waals surface area (Å²) in [5.41, 5.74) is 10.6. The van der Waals surface area contributed by atoms with E-state index in [2.05, 4.69) is 25.7 Å². The first kappa shape index (κ1) is 24.2. The van der Waals surface area contributed by atoms with Crippen molar-refractivity contribution in [2.75, 3.05) is 18.9 Å². The molecule has 3 heterocycles. The lowest BCUT2D eigenvalue weighted by Crippen LogP contribution is -2.71. The summed E-state index contributed by atoms with van der Waals surface area (Å²) in [6.45, 7) is 1.17. The van der Waals surface area contributed by atoms with E-state index in [0.29, 0.717) is 0 Å². The molecule has 178 valence electrons. The number of β-lactam (4-membered cyclic amide) rings is 1. The summed E-state index contributed by atoms with van der Waals surface area (Å²) >= 11 is 2.00. The van der Waals surface area contributed by atoms with E-state index in [1.54, 1.807) is 0 Å². The number of nitrogens with one attached hydrogen (secondary N) is 2. The molecule has 0 bridgehead atoms. The van der Waals surface area contributed by atoms with Gasteiger partial charge in [-0.05, 0) is 6.92 Å². The Morgan fingerprint density at radius 3 is 2.70 bits per heavy atom. The Bertz CT molecular complexity index is 1210. The molecule has 2 aromatic heterocycles. The van der Waals surface area contributed by atoms with Gasteiger partial charge in [-0.1, -0.05) is 21.6 Å². The molecule has 0 spiro atoms. The first-order valence-corrected chi connectivity index (χ1v) is 11.9. The molecule has 2 aromatic rings. The summed E-state index contributed by atoms with van der Waals surface area (Å²) in [5, 5.41) is 22.6. The van der Waals surface area contributed by atoms with Crippen LogP contribution in [-0.2, 0) is 24.7 Å². The number of amides is 2. The van der Waals surface area contributed by atoms with Crippen LogP contribution in [0.25, 0.3) is 0 Å². The van der Waals surface area contributed by atoms with Gasteiger partial charge in [-0.25, -0.2) is 9.29 Å². The number of nitrogen functional groups attached to an aromatic ring is 2. The van der Waals surface area contributed by atoms with Gasteiger partial charge in [0.05, 0.1) is 6.04 Å². The topological polar surface area (TPSA) is 249 Å². The highest BCUT2D eigenvalue weighted by atomic mass is 32.2. The summed E-state index contributed by atoms with van der Waals surface area (Å²) in [5.74, 6) is -2.14. The van der Waals surface area contributed by atoms with Gasteiger partial charge in [0.25, 0.3) is 17.0 Å². The molecular weight excluding hydrogens is 502 g/mol. The molecule has 1 saturated heterocycles. The fourth-order valence-electron chi connectivity index (χ4n) is 2.57. The summed E-state index contributed by atoms with van der Waals surface area (Å²) in [6.07, 6.45) is 0. The third kappa shape index (κ3) is 5.50. The maximum absolute atomic E-state index is 12.7. The molecule has 0 aromatic carbocycles. The number of ether oxygens (including phenoxy) is 1. The average molecular weight is 520 g/mol. The number of rotatable bonds is 10. The number of anilines is 1. The Balaban J connectivity index is 1.62. The normalized spacial score (nSPS) is 18.5. The number of carbonyl (C=O) groups is 2. The molecule has 0 aliphatic carbocycles. The molecule has 0 saturated carbocycles. The van der Waals surface area contributed by atoms with E-state index in [-0.39, 0.29) is 50.1 Å². The molecule has 1 fully saturated rings. The minimum atomic E-state index is -4.74. The maximum Gasteiger partial charge on any atom is 0.362 e. The van der Waals surface area contributed by atoms with Crippen molar-refractivity contribution in [3.05, 3.63) is 16.1 Å². The quantitative estimate of drug-likeness (QED) is 0.0581. The molecule has 1 aliphatic heterocycles. The van der Waals surface area contributed by atoms with Crippen molar-refractivity contribution in [3.8, 4) is 5.19 Å². The number of nitrogens with zero attached hydrogens (tertiary/aromatic N) is 5. The predicted molar refractivity (Wildman–Crippen MR) is 115 cm³/mol. The van der Waals surface area contributed by atoms with Crippen molar-refractivity contribution >= 4 is 61.5 Å². The molecule has 7 N–H and O–H groups in total. The average Bonchev–Trinajstić information content (AvgIpc) is 3.37. The minimum Gasteiger partial charge on any atom is -0.465 e. The van der Waals surface area contributed by atoms with Crippen LogP contribution in [0.2, 0.25) is 0 Å². The summed E-state index contributed by atoms with van der Waals surface area (Å²) < 4.78 is 37.0. The van der Waals surface area contributed by atoms with E-state index in [0.717, 1.165) is 22.7 Å². The first-order valence-electron chi connectivity index (χ1n) is 8.82. The Hall–Kier alpha value is -3.42. The van der Waals surface area contributed by atoms with Crippen LogP contribution in [0.5, 0.6) is 5.19 Å². The first-order chi connectivity index (χ1) is 15.5. The van der Waals surface area contributed by atoms with Gasteiger partial charge in [0.1, 0.15) is 18.3 Å². The number of nitrogens with two attached hydrogens (primary N) is 2. The second-order valence-corrected chi connectivity index (χ2v) is 9.40. The van der Waals surface area contributed by atoms with Crippen molar-refractivity contribution in [1.82, 2.24) is 24.8 Å². The van der Waals surface area contributed by atoms with Gasteiger partial charge in [0, 0.05) is 5.38 Å². The van der Waals surface area contributed by atoms with Crippen LogP contribution in [0, 0.1) is 5.41 Å². The fourth-order valence-corrected chi connectivity index (χ4v) is 4.58. The van der Waals surface area contributed by atoms with Crippen molar-refractivity contribution < 1.29 is 32.1 Å². The molecule has 33 heavy (non-hydrogen) atoms. The molecule has 2 amide bonds. The number of hydrogen-bond acceptors (Lipinski definition) is 14. The van der Waals surface area contributed by atoms with E-state index in [9.17, 15) is 18.0 Å². The van der Waals surface area contributed by atoms with E-state index >= 15 is 0 Å². The third-order valence-corrected chi connectivity index (χ3v) is 6.60. The van der Waals surface area contributed by atoms with Crippen LogP contribution >= 0.6 is 22.7 Å². The van der Waals surface area contributed by atoms with Crippen molar-refractivity contribution in [1.29, 1.82) is 5.41 Å². The lowest BCUT2D eigenvalue weighted by Gasteiger charge is -2.42. The highest BCUT2D eigenvalue weighted by Crippen LogP contribution is 2.23. The molecule has 0 unspecified atom stereocenters. The molecule has 19 heteroatoms. The van der Waals surface area contributed by atoms with Crippen LogP contribution in [0.15, 0.2) is 10.5 Å². The van der Waals surface area contributed by atoms with Crippen LogP contribution < -0.4 is 21.5 Å². The molecule has 3 rings (SSSR count). The standard InChI is InChI=1S/C14H17N9O7S3/c1-5-7(12(25)23(5)33(26,27)28)19-10(24)8(6-4-31-13(17)18-6)22-30-3-2-29-14-21-20-11(32-14)9(15)16/h4-5,7H,2-3H2,1H3,(H3,15,16)(H2,17,18)(H,19,24)(H,26,27,28)/t5-,7-/m0/s1. The fraction of sp³-hybridized carbons (Fsp3) is 0.357. The zero-order valence-corrected chi connectivity index (χ0v) is 19.1. The second kappa shape index (κ2) is 9.60. The molecule has 2 atom stereocenters. The van der Waals surface area contributed by atoms with Gasteiger partial charge in [0.15, 0.2) is 28.3 Å². The number of hydrogen-bond donors (Lipinski definition) is 5. The summed E-state index contributed by atoms with van der Waals surface area (Å²) in [6, 6.07) is -2.23. The minimum absolute atomic E-state index is 0.0361.